The summed E-state index contributed by atoms with van der Waals surface area (Å²) < 4.78 is 0. The molecule has 0 aromatic carbocycles. The molecule has 6 heteroatoms. The molecule has 1 saturated heterocycles. The van der Waals surface area contributed by atoms with E-state index < -0.39 is 23.3 Å². The Labute approximate surface area is 104 Å². The summed E-state index contributed by atoms with van der Waals surface area (Å²) in [6.07, 6.45) is -0.00875. The van der Waals surface area contributed by atoms with Crippen molar-refractivity contribution in [3.05, 3.63) is 23.4 Å². The first-order valence-corrected chi connectivity index (χ1v) is 4.98. The van der Waals surface area contributed by atoms with Gasteiger partial charge in [-0.25, -0.2) is 4.90 Å². The van der Waals surface area contributed by atoms with E-state index in [1.54, 1.807) is 25.1 Å². The van der Waals surface area contributed by atoms with Crippen molar-refractivity contribution in [1.82, 2.24) is 4.90 Å². The third-order valence-corrected chi connectivity index (χ3v) is 2.48. The van der Waals surface area contributed by atoms with Crippen LogP contribution >= 0.6 is 0 Å². The Morgan fingerprint density at radius 2 is 1.83 bits per heavy atom. The van der Waals surface area contributed by atoms with Gasteiger partial charge in [0, 0.05) is 12.3 Å². The molecule has 1 rings (SSSR count). The van der Waals surface area contributed by atoms with Gasteiger partial charge >= 0.3 is 0 Å². The Balaban J connectivity index is 3.46. The zero-order valence-corrected chi connectivity index (χ0v) is 9.60. The first-order valence-electron chi connectivity index (χ1n) is 4.98. The Morgan fingerprint density at radius 3 is 2.17 bits per heavy atom. The predicted octanol–water partition coefficient (Wildman–Crippen LogP) is 0.762. The summed E-state index contributed by atoms with van der Waals surface area (Å²) in [5.74, 6) is -1.60. The first kappa shape index (κ1) is 13.2. The lowest BCUT2D eigenvalue weighted by Crippen LogP contribution is -2.31. The van der Waals surface area contributed by atoms with Crippen LogP contribution in [0.25, 0.3) is 0 Å². The summed E-state index contributed by atoms with van der Waals surface area (Å²) in [4.78, 5) is 24.2. The van der Waals surface area contributed by atoms with Crippen molar-refractivity contribution < 1.29 is 9.59 Å². The molecule has 0 aromatic heterocycles. The van der Waals surface area contributed by atoms with Gasteiger partial charge in [0.15, 0.2) is 5.57 Å². The number of nitrogens with zero attached hydrogens (tertiary/aromatic N) is 4. The molecule has 0 bridgehead atoms. The largest absolute Gasteiger partial charge is 0.274 e. The third-order valence-electron chi connectivity index (χ3n) is 2.48. The lowest BCUT2D eigenvalue weighted by molar-refractivity contribution is -0.136. The van der Waals surface area contributed by atoms with Gasteiger partial charge in [0.05, 0.1) is 11.3 Å². The Morgan fingerprint density at radius 1 is 1.28 bits per heavy atom. The number of hydrogen-bond donors (Lipinski definition) is 0. The maximum absolute atomic E-state index is 11.8. The molecule has 1 aliphatic rings. The molecule has 1 unspecified atom stereocenters. The zero-order chi connectivity index (χ0) is 13.9. The lowest BCUT2D eigenvalue weighted by Gasteiger charge is -2.17. The van der Waals surface area contributed by atoms with Gasteiger partial charge in [0.2, 0.25) is 11.8 Å². The van der Waals surface area contributed by atoms with Crippen molar-refractivity contribution in [2.24, 2.45) is 5.92 Å². The van der Waals surface area contributed by atoms with Crippen LogP contribution in [0.1, 0.15) is 13.3 Å². The van der Waals surface area contributed by atoms with Gasteiger partial charge in [-0.05, 0) is 0 Å². The van der Waals surface area contributed by atoms with Crippen molar-refractivity contribution in [1.29, 1.82) is 15.8 Å². The SMILES string of the molecule is C=C(C#N)C(=C(C#N)C#N)N1C(=O)CC(C)C1=O. The van der Waals surface area contributed by atoms with Gasteiger partial charge in [-0.1, -0.05) is 13.5 Å². The van der Waals surface area contributed by atoms with Crippen LogP contribution in [0.4, 0.5) is 0 Å². The van der Waals surface area contributed by atoms with E-state index in [1.165, 1.54) is 0 Å². The summed E-state index contributed by atoms with van der Waals surface area (Å²) >= 11 is 0. The summed E-state index contributed by atoms with van der Waals surface area (Å²) in [6, 6.07) is 4.77. The number of rotatable bonds is 2. The van der Waals surface area contributed by atoms with Gasteiger partial charge in [0.25, 0.3) is 0 Å². The number of hydrogen-bond acceptors (Lipinski definition) is 5. The standard InChI is InChI=1S/C12H8N4O2/c1-7-3-10(17)16(12(7)18)11(8(2)4-13)9(5-14)6-15/h7H,2-3H2,1H3. The fourth-order valence-electron chi connectivity index (χ4n) is 1.60. The molecular formula is C12H8N4O2. The van der Waals surface area contributed by atoms with Crippen LogP contribution in [0.3, 0.4) is 0 Å². The summed E-state index contributed by atoms with van der Waals surface area (Å²) in [5, 5.41) is 26.4. The molecule has 6 nitrogen and oxygen atoms in total. The number of amides is 2. The van der Waals surface area contributed by atoms with Crippen LogP contribution < -0.4 is 0 Å². The number of carbonyl (C=O) groups excluding carboxylic acids is 2. The number of carbonyl (C=O) groups is 2. The summed E-state index contributed by atoms with van der Waals surface area (Å²) in [5.41, 5.74) is -1.04. The van der Waals surface area contributed by atoms with E-state index >= 15 is 0 Å². The van der Waals surface area contributed by atoms with E-state index in [-0.39, 0.29) is 17.7 Å². The van der Waals surface area contributed by atoms with Crippen molar-refractivity contribution >= 4 is 11.8 Å². The highest BCUT2D eigenvalue weighted by atomic mass is 16.2. The lowest BCUT2D eigenvalue weighted by atomic mass is 10.1. The predicted molar refractivity (Wildman–Crippen MR) is 58.6 cm³/mol. The molecule has 1 fully saturated rings. The van der Waals surface area contributed by atoms with Crippen molar-refractivity contribution in [3.63, 3.8) is 0 Å². The summed E-state index contributed by atoms with van der Waals surface area (Å²) in [7, 11) is 0. The van der Waals surface area contributed by atoms with Crippen LogP contribution in [-0.2, 0) is 9.59 Å². The quantitative estimate of drug-likeness (QED) is 0.402. The molecule has 0 saturated carbocycles. The van der Waals surface area contributed by atoms with Gasteiger partial charge in [-0.3, -0.25) is 9.59 Å². The number of likely N-dealkylation sites (tertiary alicyclic amines) is 1. The van der Waals surface area contributed by atoms with Crippen molar-refractivity contribution in [2.75, 3.05) is 0 Å². The van der Waals surface area contributed by atoms with Crippen molar-refractivity contribution in [3.8, 4) is 18.2 Å². The topological polar surface area (TPSA) is 109 Å². The maximum atomic E-state index is 11.8. The first-order chi connectivity index (χ1) is 8.47. The van der Waals surface area contributed by atoms with Crippen LogP contribution in [0.2, 0.25) is 0 Å². The third kappa shape index (κ3) is 1.98. The minimum absolute atomic E-state index is 0.00875. The van der Waals surface area contributed by atoms with E-state index in [0.29, 0.717) is 4.90 Å². The monoisotopic (exact) mass is 240 g/mol. The second kappa shape index (κ2) is 4.95. The molecule has 0 aliphatic carbocycles. The van der Waals surface area contributed by atoms with Gasteiger partial charge < -0.3 is 0 Å². The average Bonchev–Trinajstić information content (AvgIpc) is 2.60. The van der Waals surface area contributed by atoms with Gasteiger partial charge in [-0.2, -0.15) is 15.8 Å². The number of nitriles is 3. The molecule has 0 spiro atoms. The van der Waals surface area contributed by atoms with E-state index in [1.807, 2.05) is 0 Å². The molecule has 2 amide bonds. The molecule has 88 valence electrons. The Kier molecular flexibility index (Phi) is 3.62. The van der Waals surface area contributed by atoms with E-state index in [4.69, 9.17) is 15.8 Å². The number of allylic oxidation sites excluding steroid dienone is 2. The number of imide groups is 1. The highest BCUT2D eigenvalue weighted by Gasteiger charge is 2.39. The highest BCUT2D eigenvalue weighted by molar-refractivity contribution is 6.06. The Hall–Kier alpha value is -2.91. The smallest absolute Gasteiger partial charge is 0.237 e. The van der Waals surface area contributed by atoms with Gasteiger partial charge in [0.1, 0.15) is 18.2 Å². The molecule has 1 heterocycles. The van der Waals surface area contributed by atoms with E-state index in [0.717, 1.165) is 0 Å². The van der Waals surface area contributed by atoms with Crippen LogP contribution in [-0.4, -0.2) is 16.7 Å². The van der Waals surface area contributed by atoms with Crippen LogP contribution in [0.5, 0.6) is 0 Å². The molecule has 1 atom stereocenters. The highest BCUT2D eigenvalue weighted by Crippen LogP contribution is 2.28. The normalized spacial score (nSPS) is 17.7. The van der Waals surface area contributed by atoms with Gasteiger partial charge in [-0.15, -0.1) is 0 Å². The maximum Gasteiger partial charge on any atom is 0.237 e. The van der Waals surface area contributed by atoms with Crippen LogP contribution in [0, 0.1) is 39.9 Å². The molecule has 0 N–H and O–H groups in total. The zero-order valence-electron chi connectivity index (χ0n) is 9.60. The molecule has 0 radical (unpaired) electrons. The molecule has 1 aliphatic heterocycles. The molecule has 0 aromatic rings. The second-order valence-electron chi connectivity index (χ2n) is 3.71. The van der Waals surface area contributed by atoms with E-state index in [9.17, 15) is 9.59 Å². The van der Waals surface area contributed by atoms with Crippen molar-refractivity contribution in [2.45, 2.75) is 13.3 Å². The average molecular weight is 240 g/mol. The fraction of sp³-hybridized carbons (Fsp3) is 0.250. The molecule has 18 heavy (non-hydrogen) atoms. The summed E-state index contributed by atoms with van der Waals surface area (Å²) in [6.45, 7) is 4.92. The van der Waals surface area contributed by atoms with Crippen LogP contribution in [0.15, 0.2) is 23.4 Å². The Bertz CT molecular complexity index is 579. The van der Waals surface area contributed by atoms with E-state index in [2.05, 4.69) is 6.58 Å². The minimum atomic E-state index is -0.540. The second-order valence-corrected chi connectivity index (χ2v) is 3.71. The molecular weight excluding hydrogens is 232 g/mol. The minimum Gasteiger partial charge on any atom is -0.274 e. The fourth-order valence-corrected chi connectivity index (χ4v) is 1.60.